The van der Waals surface area contributed by atoms with E-state index in [-0.39, 0.29) is 5.92 Å². The average Bonchev–Trinajstić information content (AvgIpc) is 3.43. The van der Waals surface area contributed by atoms with Gasteiger partial charge in [-0.2, -0.15) is 0 Å². The SMILES string of the molecule is NC(=C(C=NC1CC1)OC(=O)c1ccccc1)C1CCOCC1. The Bertz CT molecular complexity index is 600. The van der Waals surface area contributed by atoms with Crippen molar-refractivity contribution in [3.05, 3.63) is 47.4 Å². The van der Waals surface area contributed by atoms with E-state index in [0.29, 0.717) is 36.3 Å². The largest absolute Gasteiger partial charge is 0.419 e. The predicted molar refractivity (Wildman–Crippen MR) is 88.1 cm³/mol. The van der Waals surface area contributed by atoms with Crippen LogP contribution in [0.2, 0.25) is 0 Å². The number of nitrogens with two attached hydrogens (primary N) is 1. The smallest absolute Gasteiger partial charge is 0.343 e. The maximum absolute atomic E-state index is 12.3. The third-order valence-electron chi connectivity index (χ3n) is 4.11. The summed E-state index contributed by atoms with van der Waals surface area (Å²) < 4.78 is 10.9. The van der Waals surface area contributed by atoms with Gasteiger partial charge >= 0.3 is 5.97 Å². The third-order valence-corrected chi connectivity index (χ3v) is 4.11. The summed E-state index contributed by atoms with van der Waals surface area (Å²) >= 11 is 0. The fourth-order valence-electron chi connectivity index (χ4n) is 2.50. The van der Waals surface area contributed by atoms with Crippen LogP contribution in [0.5, 0.6) is 0 Å². The Balaban J connectivity index is 1.78. The molecule has 2 aliphatic rings. The molecule has 3 rings (SSSR count). The van der Waals surface area contributed by atoms with Gasteiger partial charge in [-0.15, -0.1) is 0 Å². The molecule has 0 aromatic heterocycles. The minimum Gasteiger partial charge on any atom is -0.419 e. The van der Waals surface area contributed by atoms with E-state index >= 15 is 0 Å². The number of hydrogen-bond donors (Lipinski definition) is 1. The zero-order valence-corrected chi connectivity index (χ0v) is 13.1. The first-order valence-corrected chi connectivity index (χ1v) is 8.12. The van der Waals surface area contributed by atoms with E-state index in [2.05, 4.69) is 4.99 Å². The Morgan fingerprint density at radius 1 is 1.17 bits per heavy atom. The third kappa shape index (κ3) is 4.42. The van der Waals surface area contributed by atoms with Crippen molar-refractivity contribution >= 4 is 12.2 Å². The van der Waals surface area contributed by atoms with E-state index in [1.54, 1.807) is 30.5 Å². The maximum atomic E-state index is 12.3. The summed E-state index contributed by atoms with van der Waals surface area (Å²) in [6.07, 6.45) is 5.50. The van der Waals surface area contributed by atoms with Crippen molar-refractivity contribution in [3.8, 4) is 0 Å². The fraction of sp³-hybridized carbons (Fsp3) is 0.444. The van der Waals surface area contributed by atoms with Gasteiger partial charge in [-0.1, -0.05) is 18.2 Å². The highest BCUT2D eigenvalue weighted by Gasteiger charge is 2.23. The van der Waals surface area contributed by atoms with Gasteiger partial charge in [-0.25, -0.2) is 4.79 Å². The zero-order chi connectivity index (χ0) is 16.1. The van der Waals surface area contributed by atoms with Crippen molar-refractivity contribution in [1.29, 1.82) is 0 Å². The lowest BCUT2D eigenvalue weighted by molar-refractivity contribution is 0.0618. The van der Waals surface area contributed by atoms with Crippen molar-refractivity contribution in [2.45, 2.75) is 31.7 Å². The highest BCUT2D eigenvalue weighted by atomic mass is 16.5. The summed E-state index contributed by atoms with van der Waals surface area (Å²) in [4.78, 5) is 16.7. The first-order chi connectivity index (χ1) is 11.2. The Morgan fingerprint density at radius 2 is 1.87 bits per heavy atom. The highest BCUT2D eigenvalue weighted by molar-refractivity contribution is 5.93. The van der Waals surface area contributed by atoms with Crippen LogP contribution < -0.4 is 5.73 Å². The minimum absolute atomic E-state index is 0.174. The van der Waals surface area contributed by atoms with Crippen LogP contribution >= 0.6 is 0 Å². The molecule has 5 heteroatoms. The standard InChI is InChI=1S/C18H22N2O3/c19-17(13-8-10-22-11-9-13)16(12-20-15-6-7-15)23-18(21)14-4-2-1-3-5-14/h1-5,12-13,15H,6-11,19H2. The van der Waals surface area contributed by atoms with Gasteiger partial charge in [0.2, 0.25) is 0 Å². The number of allylic oxidation sites excluding steroid dienone is 2. The molecule has 0 spiro atoms. The lowest BCUT2D eigenvalue weighted by Gasteiger charge is -2.23. The summed E-state index contributed by atoms with van der Waals surface area (Å²) in [6, 6.07) is 9.27. The number of aliphatic imine (C=N–C) groups is 1. The first kappa shape index (κ1) is 15.7. The number of ether oxygens (including phenoxy) is 2. The average molecular weight is 314 g/mol. The molecule has 0 atom stereocenters. The van der Waals surface area contributed by atoms with Crippen LogP contribution in [-0.2, 0) is 9.47 Å². The van der Waals surface area contributed by atoms with Crippen molar-refractivity contribution in [1.82, 2.24) is 0 Å². The van der Waals surface area contributed by atoms with E-state index in [0.717, 1.165) is 25.7 Å². The van der Waals surface area contributed by atoms with E-state index < -0.39 is 5.97 Å². The van der Waals surface area contributed by atoms with Crippen LogP contribution in [0.4, 0.5) is 0 Å². The molecule has 1 aliphatic heterocycles. The molecule has 2 fully saturated rings. The van der Waals surface area contributed by atoms with E-state index in [4.69, 9.17) is 15.2 Å². The van der Waals surface area contributed by atoms with Gasteiger partial charge in [0.15, 0.2) is 5.76 Å². The van der Waals surface area contributed by atoms with Crippen LogP contribution in [0.1, 0.15) is 36.0 Å². The van der Waals surface area contributed by atoms with Gasteiger partial charge < -0.3 is 15.2 Å². The second-order valence-electron chi connectivity index (χ2n) is 5.97. The number of nitrogens with zero attached hydrogens (tertiary/aromatic N) is 1. The fourth-order valence-corrected chi connectivity index (χ4v) is 2.50. The molecule has 1 heterocycles. The van der Waals surface area contributed by atoms with Gasteiger partial charge in [-0.05, 0) is 37.8 Å². The summed E-state index contributed by atoms with van der Waals surface area (Å²) in [5.74, 6) is 0.156. The topological polar surface area (TPSA) is 73.9 Å². The van der Waals surface area contributed by atoms with Gasteiger partial charge in [0.05, 0.1) is 23.5 Å². The molecular weight excluding hydrogens is 292 g/mol. The van der Waals surface area contributed by atoms with Gasteiger partial charge in [0.25, 0.3) is 0 Å². The van der Waals surface area contributed by atoms with Crippen molar-refractivity contribution in [2.75, 3.05) is 13.2 Å². The molecule has 0 bridgehead atoms. The molecule has 1 aliphatic carbocycles. The van der Waals surface area contributed by atoms with Crippen molar-refractivity contribution < 1.29 is 14.3 Å². The molecule has 0 unspecified atom stereocenters. The minimum atomic E-state index is -0.405. The number of rotatable bonds is 5. The lowest BCUT2D eigenvalue weighted by Crippen LogP contribution is -2.24. The van der Waals surface area contributed by atoms with E-state index in [1.165, 1.54) is 0 Å². The van der Waals surface area contributed by atoms with Gasteiger partial charge in [-0.3, -0.25) is 4.99 Å². The summed E-state index contributed by atoms with van der Waals surface area (Å²) in [7, 11) is 0. The summed E-state index contributed by atoms with van der Waals surface area (Å²) in [6.45, 7) is 1.37. The van der Waals surface area contributed by atoms with Crippen LogP contribution in [0.15, 0.2) is 46.8 Å². The number of carbonyl (C=O) groups excluding carboxylic acids is 1. The van der Waals surface area contributed by atoms with Gasteiger partial charge in [0.1, 0.15) is 0 Å². The Kier molecular flexibility index (Phi) is 5.08. The highest BCUT2D eigenvalue weighted by Crippen LogP contribution is 2.25. The molecule has 1 aromatic rings. The molecular formula is C18H22N2O3. The summed E-state index contributed by atoms with van der Waals surface area (Å²) in [5, 5.41) is 0. The van der Waals surface area contributed by atoms with Crippen LogP contribution in [0.25, 0.3) is 0 Å². The second-order valence-corrected chi connectivity index (χ2v) is 5.97. The van der Waals surface area contributed by atoms with Crippen molar-refractivity contribution in [3.63, 3.8) is 0 Å². The monoisotopic (exact) mass is 314 g/mol. The molecule has 2 N–H and O–H groups in total. The van der Waals surface area contributed by atoms with Crippen LogP contribution in [0.3, 0.4) is 0 Å². The number of esters is 1. The Morgan fingerprint density at radius 3 is 2.52 bits per heavy atom. The number of hydrogen-bond acceptors (Lipinski definition) is 5. The summed E-state index contributed by atoms with van der Waals surface area (Å²) in [5.41, 5.74) is 7.38. The van der Waals surface area contributed by atoms with E-state index in [9.17, 15) is 4.79 Å². The normalized spacial score (nSPS) is 20.3. The Hall–Kier alpha value is -2.14. The quantitative estimate of drug-likeness (QED) is 0.515. The molecule has 5 nitrogen and oxygen atoms in total. The molecule has 1 saturated heterocycles. The van der Waals surface area contributed by atoms with E-state index in [1.807, 2.05) is 6.07 Å². The molecule has 1 saturated carbocycles. The molecule has 23 heavy (non-hydrogen) atoms. The lowest BCUT2D eigenvalue weighted by atomic mass is 9.96. The van der Waals surface area contributed by atoms with Crippen molar-refractivity contribution in [2.24, 2.45) is 16.6 Å². The molecule has 122 valence electrons. The van der Waals surface area contributed by atoms with Crippen LogP contribution in [0, 0.1) is 5.92 Å². The maximum Gasteiger partial charge on any atom is 0.343 e. The number of carbonyl (C=O) groups is 1. The number of benzene rings is 1. The first-order valence-electron chi connectivity index (χ1n) is 8.12. The Labute approximate surface area is 136 Å². The van der Waals surface area contributed by atoms with Crippen LogP contribution in [-0.4, -0.2) is 31.4 Å². The molecule has 0 amide bonds. The predicted octanol–water partition coefficient (Wildman–Crippen LogP) is 2.67. The molecule has 0 radical (unpaired) electrons. The second kappa shape index (κ2) is 7.42. The molecule has 1 aromatic carbocycles. The zero-order valence-electron chi connectivity index (χ0n) is 13.1. The van der Waals surface area contributed by atoms with Gasteiger partial charge in [0, 0.05) is 19.1 Å².